The van der Waals surface area contributed by atoms with Gasteiger partial charge in [-0.1, -0.05) is 6.07 Å². The molecule has 2 aliphatic carbocycles. The number of nitriles is 1. The first kappa shape index (κ1) is 22.2. The summed E-state index contributed by atoms with van der Waals surface area (Å²) in [6, 6.07) is 13.3. The maximum atomic E-state index is 11.8. The molecule has 2 fully saturated rings. The molecule has 0 saturated heterocycles. The van der Waals surface area contributed by atoms with Crippen molar-refractivity contribution in [3.8, 4) is 34.5 Å². The van der Waals surface area contributed by atoms with Crippen LogP contribution in [0.1, 0.15) is 55.2 Å². The van der Waals surface area contributed by atoms with Gasteiger partial charge in [-0.15, -0.1) is 0 Å². The molecule has 0 spiro atoms. The molecule has 1 amide bonds. The zero-order chi connectivity index (χ0) is 24.8. The molecule has 36 heavy (non-hydrogen) atoms. The number of fused-ring (bicyclic) bond motifs is 1. The Labute approximate surface area is 207 Å². The van der Waals surface area contributed by atoms with Gasteiger partial charge in [0.1, 0.15) is 0 Å². The van der Waals surface area contributed by atoms with E-state index in [0.29, 0.717) is 22.5 Å². The van der Waals surface area contributed by atoms with Crippen molar-refractivity contribution < 1.29 is 14.6 Å². The Balaban J connectivity index is 1.52. The van der Waals surface area contributed by atoms with Crippen LogP contribution in [0.25, 0.3) is 33.5 Å². The molecule has 0 radical (unpaired) electrons. The van der Waals surface area contributed by atoms with Gasteiger partial charge < -0.3 is 20.1 Å². The van der Waals surface area contributed by atoms with Gasteiger partial charge in [0.05, 0.1) is 58.1 Å². The summed E-state index contributed by atoms with van der Waals surface area (Å²) in [6.07, 6.45) is 6.64. The second-order valence-corrected chi connectivity index (χ2v) is 9.43. The van der Waals surface area contributed by atoms with E-state index in [1.165, 1.54) is 0 Å². The van der Waals surface area contributed by atoms with Crippen LogP contribution in [-0.4, -0.2) is 36.8 Å². The third-order valence-corrected chi connectivity index (χ3v) is 7.05. The fourth-order valence-corrected chi connectivity index (χ4v) is 5.16. The Kier molecular flexibility index (Phi) is 5.38. The van der Waals surface area contributed by atoms with E-state index in [1.54, 1.807) is 24.7 Å². The summed E-state index contributed by atoms with van der Waals surface area (Å²) in [6.45, 7) is 0. The molecule has 0 bridgehead atoms. The lowest BCUT2D eigenvalue weighted by Gasteiger charge is -2.18. The largest absolute Gasteiger partial charge is 0.411 e. The standard InChI is InChI=1S/C27H24N6O3/c28-13-15-8-9-30-21(10-15)25-18(16-4-5-16)12-20(32-26(25)36-27(29)35)17-6-7-19-23(11-17)33(14-31-19)22-2-1-3-24(22)34/h6-12,14,16,22,24,34H,1-5H2,(H2,29,35)/t22-,24-/m1/s1. The molecule has 6 rings (SSSR count). The molecule has 1 aromatic carbocycles. The first-order chi connectivity index (χ1) is 17.5. The maximum absolute atomic E-state index is 11.8. The normalized spacial score (nSPS) is 19.3. The van der Waals surface area contributed by atoms with Gasteiger partial charge in [0, 0.05) is 11.8 Å². The van der Waals surface area contributed by atoms with E-state index >= 15 is 0 Å². The number of aromatic nitrogens is 4. The van der Waals surface area contributed by atoms with Crippen LogP contribution in [0.2, 0.25) is 0 Å². The highest BCUT2D eigenvalue weighted by Crippen LogP contribution is 2.48. The van der Waals surface area contributed by atoms with Crippen molar-refractivity contribution in [1.29, 1.82) is 5.26 Å². The van der Waals surface area contributed by atoms with Gasteiger partial charge in [0.25, 0.3) is 0 Å². The van der Waals surface area contributed by atoms with Gasteiger partial charge in [-0.2, -0.15) is 5.26 Å². The molecule has 2 saturated carbocycles. The molecular weight excluding hydrogens is 456 g/mol. The molecule has 3 heterocycles. The number of hydrogen-bond donors (Lipinski definition) is 2. The lowest BCUT2D eigenvalue weighted by Crippen LogP contribution is -2.18. The summed E-state index contributed by atoms with van der Waals surface area (Å²) in [4.78, 5) is 25.5. The summed E-state index contributed by atoms with van der Waals surface area (Å²) in [7, 11) is 0. The third-order valence-electron chi connectivity index (χ3n) is 7.05. The summed E-state index contributed by atoms with van der Waals surface area (Å²) < 4.78 is 7.45. The molecule has 4 aromatic rings. The maximum Gasteiger partial charge on any atom is 0.411 e. The van der Waals surface area contributed by atoms with Crippen molar-refractivity contribution in [2.45, 2.75) is 50.2 Å². The average Bonchev–Trinajstić information content (AvgIpc) is 3.52. The first-order valence-electron chi connectivity index (χ1n) is 12.1. The molecule has 0 unspecified atom stereocenters. The highest BCUT2D eigenvalue weighted by atomic mass is 16.6. The molecule has 3 aromatic heterocycles. The van der Waals surface area contributed by atoms with Crippen LogP contribution in [0.3, 0.4) is 0 Å². The molecule has 3 N–H and O–H groups in total. The van der Waals surface area contributed by atoms with Crippen LogP contribution in [-0.2, 0) is 0 Å². The average molecular weight is 481 g/mol. The Morgan fingerprint density at radius 1 is 1.11 bits per heavy atom. The Morgan fingerprint density at radius 2 is 1.97 bits per heavy atom. The molecule has 2 aliphatic rings. The van der Waals surface area contributed by atoms with E-state index in [9.17, 15) is 15.2 Å². The van der Waals surface area contributed by atoms with Crippen molar-refractivity contribution in [3.05, 3.63) is 60.0 Å². The molecular formula is C27H24N6O3. The fraction of sp³-hybridized carbons (Fsp3) is 0.296. The number of ether oxygens (including phenoxy) is 1. The molecule has 180 valence electrons. The monoisotopic (exact) mass is 480 g/mol. The fourth-order valence-electron chi connectivity index (χ4n) is 5.16. The van der Waals surface area contributed by atoms with Crippen LogP contribution < -0.4 is 10.5 Å². The van der Waals surface area contributed by atoms with Gasteiger partial charge in [0.15, 0.2) is 0 Å². The Bertz CT molecular complexity index is 1530. The van der Waals surface area contributed by atoms with Crippen LogP contribution in [0, 0.1) is 11.3 Å². The minimum atomic E-state index is -0.970. The number of primary amides is 1. The van der Waals surface area contributed by atoms with E-state index in [1.807, 2.05) is 28.8 Å². The van der Waals surface area contributed by atoms with Gasteiger partial charge in [0.2, 0.25) is 5.88 Å². The molecule has 0 aliphatic heterocycles. The van der Waals surface area contributed by atoms with E-state index in [4.69, 9.17) is 15.5 Å². The molecule has 9 heteroatoms. The van der Waals surface area contributed by atoms with Crippen LogP contribution in [0.5, 0.6) is 5.88 Å². The first-order valence-corrected chi connectivity index (χ1v) is 12.1. The number of benzene rings is 1. The Hall–Kier alpha value is -4.29. The van der Waals surface area contributed by atoms with Crippen LogP contribution >= 0.6 is 0 Å². The highest BCUT2D eigenvalue weighted by Gasteiger charge is 2.32. The van der Waals surface area contributed by atoms with E-state index in [2.05, 4.69) is 16.0 Å². The van der Waals surface area contributed by atoms with E-state index in [-0.39, 0.29) is 17.8 Å². The summed E-state index contributed by atoms with van der Waals surface area (Å²) in [5, 5.41) is 19.8. The number of amides is 1. The van der Waals surface area contributed by atoms with Gasteiger partial charge in [-0.3, -0.25) is 4.98 Å². The van der Waals surface area contributed by atoms with E-state index in [0.717, 1.165) is 54.3 Å². The summed E-state index contributed by atoms with van der Waals surface area (Å²) >= 11 is 0. The highest BCUT2D eigenvalue weighted by molar-refractivity contribution is 5.84. The van der Waals surface area contributed by atoms with Gasteiger partial charge >= 0.3 is 6.09 Å². The number of nitrogens with two attached hydrogens (primary N) is 1. The molecule has 2 atom stereocenters. The van der Waals surface area contributed by atoms with Gasteiger partial charge in [-0.05, 0) is 73.9 Å². The summed E-state index contributed by atoms with van der Waals surface area (Å²) in [5.74, 6) is 0.344. The van der Waals surface area contributed by atoms with Crippen LogP contribution in [0.4, 0.5) is 4.79 Å². The number of imidazole rings is 1. The second-order valence-electron chi connectivity index (χ2n) is 9.43. The zero-order valence-electron chi connectivity index (χ0n) is 19.5. The number of nitrogens with zero attached hydrogens (tertiary/aromatic N) is 5. The van der Waals surface area contributed by atoms with Crippen molar-refractivity contribution in [1.82, 2.24) is 19.5 Å². The number of carbonyl (C=O) groups is 1. The predicted molar refractivity (Wildman–Crippen MR) is 132 cm³/mol. The smallest absolute Gasteiger partial charge is 0.391 e. The zero-order valence-corrected chi connectivity index (χ0v) is 19.5. The second kappa shape index (κ2) is 8.73. The summed E-state index contributed by atoms with van der Waals surface area (Å²) in [5.41, 5.74) is 11.1. The SMILES string of the molecule is N#Cc1ccnc(-c2c(C3CC3)cc(-c3ccc4ncn([C@@H]5CCC[C@H]5O)c4c3)nc2OC(N)=O)c1. The minimum Gasteiger partial charge on any atom is -0.391 e. The van der Waals surface area contributed by atoms with Crippen LogP contribution in [0.15, 0.2) is 48.9 Å². The predicted octanol–water partition coefficient (Wildman–Crippen LogP) is 4.45. The van der Waals surface area contributed by atoms with E-state index < -0.39 is 12.2 Å². The minimum absolute atomic E-state index is 0.00477. The number of hydrogen-bond acceptors (Lipinski definition) is 7. The molecule has 9 nitrogen and oxygen atoms in total. The van der Waals surface area contributed by atoms with Crippen molar-refractivity contribution in [2.75, 3.05) is 0 Å². The topological polar surface area (TPSA) is 140 Å². The number of carbonyl (C=O) groups excluding carboxylic acids is 1. The number of aliphatic hydroxyl groups is 1. The number of aliphatic hydroxyl groups excluding tert-OH is 1. The van der Waals surface area contributed by atoms with Crippen molar-refractivity contribution in [3.63, 3.8) is 0 Å². The Morgan fingerprint density at radius 3 is 2.69 bits per heavy atom. The van der Waals surface area contributed by atoms with Crippen molar-refractivity contribution in [2.24, 2.45) is 5.73 Å². The number of pyridine rings is 2. The lowest BCUT2D eigenvalue weighted by molar-refractivity contribution is 0.138. The van der Waals surface area contributed by atoms with Gasteiger partial charge in [-0.25, -0.2) is 14.8 Å². The third kappa shape index (κ3) is 3.95. The number of rotatable bonds is 5. The quantitative estimate of drug-likeness (QED) is 0.430. The lowest BCUT2D eigenvalue weighted by atomic mass is 9.98. The van der Waals surface area contributed by atoms with Crippen molar-refractivity contribution >= 4 is 17.1 Å².